The molecule has 0 bridgehead atoms. The lowest BCUT2D eigenvalue weighted by atomic mass is 10.3. The standard InChI is InChI=1S/C16H28N4O/c1-5-8-17-14-11-15(19-16(18-14)13-6-7-13)20(4)9-10-21-12(2)3/h11-13H,5-10H2,1-4H3,(H,17,18,19). The largest absolute Gasteiger partial charge is 0.377 e. The lowest BCUT2D eigenvalue weighted by Gasteiger charge is -2.20. The second kappa shape index (κ2) is 7.59. The molecule has 0 amide bonds. The first-order valence-corrected chi connectivity index (χ1v) is 8.05. The van der Waals surface area contributed by atoms with Gasteiger partial charge in [-0.2, -0.15) is 0 Å². The van der Waals surface area contributed by atoms with Crippen molar-refractivity contribution < 1.29 is 4.74 Å². The van der Waals surface area contributed by atoms with Gasteiger partial charge in [-0.1, -0.05) is 6.92 Å². The fraction of sp³-hybridized carbons (Fsp3) is 0.750. The Labute approximate surface area is 128 Å². The van der Waals surface area contributed by atoms with E-state index in [2.05, 4.69) is 43.0 Å². The maximum atomic E-state index is 5.62. The number of hydrogen-bond acceptors (Lipinski definition) is 5. The predicted octanol–water partition coefficient (Wildman–Crippen LogP) is 3.04. The summed E-state index contributed by atoms with van der Waals surface area (Å²) >= 11 is 0. The van der Waals surface area contributed by atoms with Gasteiger partial charge in [-0.15, -0.1) is 0 Å². The van der Waals surface area contributed by atoms with E-state index >= 15 is 0 Å². The number of nitrogens with one attached hydrogen (secondary N) is 1. The number of ether oxygens (including phenoxy) is 1. The van der Waals surface area contributed by atoms with E-state index in [9.17, 15) is 0 Å². The molecule has 0 atom stereocenters. The second-order valence-corrected chi connectivity index (χ2v) is 6.01. The molecule has 0 aromatic carbocycles. The summed E-state index contributed by atoms with van der Waals surface area (Å²) in [5.41, 5.74) is 0. The highest BCUT2D eigenvalue weighted by Gasteiger charge is 2.27. The molecule has 5 nitrogen and oxygen atoms in total. The van der Waals surface area contributed by atoms with Crippen molar-refractivity contribution in [1.82, 2.24) is 9.97 Å². The summed E-state index contributed by atoms with van der Waals surface area (Å²) in [5, 5.41) is 3.38. The molecule has 0 spiro atoms. The highest BCUT2D eigenvalue weighted by molar-refractivity contribution is 5.49. The quantitative estimate of drug-likeness (QED) is 0.758. The first kappa shape index (κ1) is 16.0. The topological polar surface area (TPSA) is 50.3 Å². The number of nitrogens with zero attached hydrogens (tertiary/aromatic N) is 3. The molecule has 118 valence electrons. The Bertz CT molecular complexity index is 446. The monoisotopic (exact) mass is 292 g/mol. The molecule has 5 heteroatoms. The van der Waals surface area contributed by atoms with E-state index in [1.165, 1.54) is 12.8 Å². The lowest BCUT2D eigenvalue weighted by Crippen LogP contribution is -2.25. The van der Waals surface area contributed by atoms with Crippen LogP contribution in [0.4, 0.5) is 11.6 Å². The van der Waals surface area contributed by atoms with Crippen molar-refractivity contribution in [3.05, 3.63) is 11.9 Å². The second-order valence-electron chi connectivity index (χ2n) is 6.01. The molecule has 1 aliphatic rings. The first-order valence-electron chi connectivity index (χ1n) is 8.05. The van der Waals surface area contributed by atoms with Crippen LogP contribution in [0, 0.1) is 0 Å². The third-order valence-corrected chi connectivity index (χ3v) is 3.50. The minimum absolute atomic E-state index is 0.271. The van der Waals surface area contributed by atoms with Crippen molar-refractivity contribution in [2.75, 3.05) is 37.0 Å². The average molecular weight is 292 g/mol. The van der Waals surface area contributed by atoms with Gasteiger partial charge in [0.15, 0.2) is 0 Å². The average Bonchev–Trinajstić information content (AvgIpc) is 3.29. The summed E-state index contributed by atoms with van der Waals surface area (Å²) < 4.78 is 5.62. The molecule has 1 heterocycles. The van der Waals surface area contributed by atoms with Gasteiger partial charge in [0.25, 0.3) is 0 Å². The van der Waals surface area contributed by atoms with Crippen LogP contribution in [0.15, 0.2) is 6.07 Å². The van der Waals surface area contributed by atoms with Crippen LogP contribution in [-0.4, -0.2) is 42.8 Å². The van der Waals surface area contributed by atoms with Gasteiger partial charge in [0.05, 0.1) is 12.7 Å². The Morgan fingerprint density at radius 3 is 2.76 bits per heavy atom. The summed E-state index contributed by atoms with van der Waals surface area (Å²) in [4.78, 5) is 11.5. The van der Waals surface area contributed by atoms with E-state index in [0.717, 1.165) is 37.0 Å². The van der Waals surface area contributed by atoms with Crippen LogP contribution in [0.3, 0.4) is 0 Å². The number of hydrogen-bond donors (Lipinski definition) is 1. The number of likely N-dealkylation sites (N-methyl/N-ethyl adjacent to an activating group) is 1. The normalized spacial score (nSPS) is 14.5. The van der Waals surface area contributed by atoms with Gasteiger partial charge in [0.1, 0.15) is 17.5 Å². The summed E-state index contributed by atoms with van der Waals surface area (Å²) in [7, 11) is 2.06. The van der Waals surface area contributed by atoms with Crippen LogP contribution >= 0.6 is 0 Å². The summed E-state index contributed by atoms with van der Waals surface area (Å²) in [6.07, 6.45) is 3.80. The van der Waals surface area contributed by atoms with E-state index < -0.39 is 0 Å². The minimum atomic E-state index is 0.271. The van der Waals surface area contributed by atoms with Crippen LogP contribution in [0.1, 0.15) is 51.8 Å². The molecule has 21 heavy (non-hydrogen) atoms. The lowest BCUT2D eigenvalue weighted by molar-refractivity contribution is 0.0845. The van der Waals surface area contributed by atoms with Gasteiger partial charge in [0, 0.05) is 32.1 Å². The molecule has 1 fully saturated rings. The highest BCUT2D eigenvalue weighted by Crippen LogP contribution is 2.39. The SMILES string of the molecule is CCCNc1cc(N(C)CCOC(C)C)nc(C2CC2)n1. The molecular formula is C16H28N4O. The molecule has 1 aliphatic carbocycles. The zero-order chi connectivity index (χ0) is 15.2. The van der Waals surface area contributed by atoms with Gasteiger partial charge >= 0.3 is 0 Å². The molecule has 0 aliphatic heterocycles. The van der Waals surface area contributed by atoms with Crippen molar-refractivity contribution in [1.29, 1.82) is 0 Å². The molecule has 1 aromatic heterocycles. The third-order valence-electron chi connectivity index (χ3n) is 3.50. The molecule has 1 aromatic rings. The van der Waals surface area contributed by atoms with Crippen LogP contribution < -0.4 is 10.2 Å². The Kier molecular flexibility index (Phi) is 5.79. The zero-order valence-electron chi connectivity index (χ0n) is 13.7. The summed E-state index contributed by atoms with van der Waals surface area (Å²) in [5.74, 6) is 3.48. The molecule has 0 saturated heterocycles. The van der Waals surface area contributed by atoms with Crippen LogP contribution in [0.25, 0.3) is 0 Å². The predicted molar refractivity (Wildman–Crippen MR) is 87.1 cm³/mol. The highest BCUT2D eigenvalue weighted by atomic mass is 16.5. The van der Waals surface area contributed by atoms with Crippen molar-refractivity contribution in [3.63, 3.8) is 0 Å². The van der Waals surface area contributed by atoms with Crippen LogP contribution in [0.2, 0.25) is 0 Å². The van der Waals surface area contributed by atoms with Gasteiger partial charge < -0.3 is 15.0 Å². The minimum Gasteiger partial charge on any atom is -0.377 e. The van der Waals surface area contributed by atoms with Crippen molar-refractivity contribution in [2.24, 2.45) is 0 Å². The smallest absolute Gasteiger partial charge is 0.136 e. The summed E-state index contributed by atoms with van der Waals surface area (Å²) in [6, 6.07) is 2.04. The molecule has 0 unspecified atom stereocenters. The number of anilines is 2. The van der Waals surface area contributed by atoms with Crippen molar-refractivity contribution in [2.45, 2.75) is 52.1 Å². The van der Waals surface area contributed by atoms with Crippen molar-refractivity contribution in [3.8, 4) is 0 Å². The maximum Gasteiger partial charge on any atom is 0.136 e. The van der Waals surface area contributed by atoms with E-state index in [-0.39, 0.29) is 6.10 Å². The van der Waals surface area contributed by atoms with E-state index in [0.29, 0.717) is 12.5 Å². The van der Waals surface area contributed by atoms with Crippen molar-refractivity contribution >= 4 is 11.6 Å². The fourth-order valence-electron chi connectivity index (χ4n) is 2.06. The number of rotatable bonds is 9. The Morgan fingerprint density at radius 2 is 2.14 bits per heavy atom. The third kappa shape index (κ3) is 5.16. The zero-order valence-corrected chi connectivity index (χ0v) is 13.7. The first-order chi connectivity index (χ1) is 10.1. The molecule has 0 radical (unpaired) electrons. The molecular weight excluding hydrogens is 264 g/mol. The summed E-state index contributed by atoms with van der Waals surface area (Å²) in [6.45, 7) is 8.78. The van der Waals surface area contributed by atoms with E-state index in [4.69, 9.17) is 9.72 Å². The molecule has 2 rings (SSSR count). The van der Waals surface area contributed by atoms with Crippen LogP contribution in [-0.2, 0) is 4.74 Å². The maximum absolute atomic E-state index is 5.62. The Morgan fingerprint density at radius 1 is 1.38 bits per heavy atom. The molecule has 1 N–H and O–H groups in total. The van der Waals surface area contributed by atoms with Gasteiger partial charge in [-0.05, 0) is 33.1 Å². The Balaban J connectivity index is 2.03. The van der Waals surface area contributed by atoms with Crippen LogP contribution in [0.5, 0.6) is 0 Å². The van der Waals surface area contributed by atoms with E-state index in [1.807, 2.05) is 6.07 Å². The fourth-order valence-corrected chi connectivity index (χ4v) is 2.06. The van der Waals surface area contributed by atoms with E-state index in [1.54, 1.807) is 0 Å². The van der Waals surface area contributed by atoms with Gasteiger partial charge in [0.2, 0.25) is 0 Å². The number of aromatic nitrogens is 2. The van der Waals surface area contributed by atoms with Gasteiger partial charge in [-0.3, -0.25) is 0 Å². The Hall–Kier alpha value is -1.36. The van der Waals surface area contributed by atoms with Gasteiger partial charge in [-0.25, -0.2) is 9.97 Å². The molecule has 1 saturated carbocycles.